The highest BCUT2D eigenvalue weighted by molar-refractivity contribution is 6.12. The third-order valence-electron chi connectivity index (χ3n) is 4.02. The van der Waals surface area contributed by atoms with Crippen molar-refractivity contribution in [2.24, 2.45) is 0 Å². The van der Waals surface area contributed by atoms with E-state index in [4.69, 9.17) is 0 Å². The molecule has 3 rings (SSSR count). The molecule has 2 amide bonds. The van der Waals surface area contributed by atoms with Crippen LogP contribution in [0.3, 0.4) is 0 Å². The number of amides is 2. The highest BCUT2D eigenvalue weighted by Crippen LogP contribution is 2.14. The molecule has 0 aromatic heterocycles. The van der Waals surface area contributed by atoms with Crippen LogP contribution >= 0.6 is 0 Å². The van der Waals surface area contributed by atoms with Crippen molar-refractivity contribution >= 4 is 17.5 Å². The molecule has 0 bridgehead atoms. The maximum absolute atomic E-state index is 12.6. The monoisotopic (exact) mass is 344 g/mol. The van der Waals surface area contributed by atoms with Gasteiger partial charge in [0.1, 0.15) is 0 Å². The maximum atomic E-state index is 12.6. The summed E-state index contributed by atoms with van der Waals surface area (Å²) in [6, 6.07) is 24.0. The summed E-state index contributed by atoms with van der Waals surface area (Å²) in [5.74, 6) is -0.581. The van der Waals surface area contributed by atoms with Gasteiger partial charge in [0.05, 0.1) is 11.1 Å². The van der Waals surface area contributed by atoms with Gasteiger partial charge >= 0.3 is 0 Å². The second-order valence-electron chi connectivity index (χ2n) is 6.03. The van der Waals surface area contributed by atoms with Crippen molar-refractivity contribution in [1.29, 1.82) is 0 Å². The summed E-state index contributed by atoms with van der Waals surface area (Å²) in [5, 5.41) is 5.70. The maximum Gasteiger partial charge on any atom is 0.256 e. The number of hydrogen-bond acceptors (Lipinski definition) is 2. The average molecular weight is 344 g/mol. The molecular weight excluding hydrogens is 324 g/mol. The topological polar surface area (TPSA) is 58.2 Å². The smallest absolute Gasteiger partial charge is 0.256 e. The summed E-state index contributed by atoms with van der Waals surface area (Å²) in [6.07, 6.45) is 0. The second kappa shape index (κ2) is 8.12. The Hall–Kier alpha value is -3.40. The SMILES string of the molecule is Cc1ccc(NC(=O)c2ccccc2C(=O)NCc2ccccc2)cc1. The van der Waals surface area contributed by atoms with Crippen LogP contribution in [-0.2, 0) is 6.54 Å². The summed E-state index contributed by atoms with van der Waals surface area (Å²) in [5.41, 5.74) is 3.51. The van der Waals surface area contributed by atoms with Crippen LogP contribution in [0.4, 0.5) is 5.69 Å². The molecule has 0 spiro atoms. The van der Waals surface area contributed by atoms with Gasteiger partial charge in [-0.1, -0.05) is 60.2 Å². The molecule has 0 saturated carbocycles. The molecule has 0 aliphatic carbocycles. The van der Waals surface area contributed by atoms with Gasteiger partial charge in [-0.2, -0.15) is 0 Å². The van der Waals surface area contributed by atoms with Crippen molar-refractivity contribution in [2.75, 3.05) is 5.32 Å². The largest absolute Gasteiger partial charge is 0.348 e. The fraction of sp³-hybridized carbons (Fsp3) is 0.0909. The lowest BCUT2D eigenvalue weighted by Crippen LogP contribution is -2.26. The number of carbonyl (C=O) groups excluding carboxylic acids is 2. The number of benzene rings is 3. The number of nitrogens with one attached hydrogen (secondary N) is 2. The van der Waals surface area contributed by atoms with Crippen LogP contribution < -0.4 is 10.6 Å². The lowest BCUT2D eigenvalue weighted by molar-refractivity contribution is 0.0938. The van der Waals surface area contributed by atoms with Gasteiger partial charge in [0.15, 0.2) is 0 Å². The van der Waals surface area contributed by atoms with Gasteiger partial charge in [-0.05, 0) is 36.8 Å². The Bertz CT molecular complexity index is 903. The Labute approximate surface area is 152 Å². The Balaban J connectivity index is 1.73. The molecule has 4 nitrogen and oxygen atoms in total. The number of aryl methyl sites for hydroxylation is 1. The van der Waals surface area contributed by atoms with Crippen LogP contribution in [-0.4, -0.2) is 11.8 Å². The Kier molecular flexibility index (Phi) is 5.44. The van der Waals surface area contributed by atoms with Gasteiger partial charge in [-0.25, -0.2) is 0 Å². The first kappa shape index (κ1) is 17.4. The number of hydrogen-bond donors (Lipinski definition) is 2. The van der Waals surface area contributed by atoms with E-state index in [1.165, 1.54) is 0 Å². The molecule has 0 aliphatic rings. The first-order chi connectivity index (χ1) is 12.6. The summed E-state index contributed by atoms with van der Waals surface area (Å²) in [6.45, 7) is 2.39. The van der Waals surface area contributed by atoms with Crippen LogP contribution in [0, 0.1) is 6.92 Å². The van der Waals surface area contributed by atoms with Crippen molar-refractivity contribution in [1.82, 2.24) is 5.32 Å². The molecular formula is C22H20N2O2. The molecule has 0 atom stereocenters. The minimum Gasteiger partial charge on any atom is -0.348 e. The minimum absolute atomic E-state index is 0.275. The predicted molar refractivity (Wildman–Crippen MR) is 103 cm³/mol. The highest BCUT2D eigenvalue weighted by atomic mass is 16.2. The molecule has 0 fully saturated rings. The van der Waals surface area contributed by atoms with Crippen molar-refractivity contribution in [3.05, 3.63) is 101 Å². The molecule has 4 heteroatoms. The Morgan fingerprint density at radius 1 is 0.731 bits per heavy atom. The van der Waals surface area contributed by atoms with E-state index in [0.717, 1.165) is 11.1 Å². The molecule has 3 aromatic rings. The van der Waals surface area contributed by atoms with Crippen LogP contribution in [0.2, 0.25) is 0 Å². The summed E-state index contributed by atoms with van der Waals surface area (Å²) in [4.78, 5) is 25.2. The van der Waals surface area contributed by atoms with E-state index in [2.05, 4.69) is 10.6 Å². The molecule has 0 radical (unpaired) electrons. The van der Waals surface area contributed by atoms with E-state index >= 15 is 0 Å². The van der Waals surface area contributed by atoms with E-state index in [1.807, 2.05) is 61.5 Å². The van der Waals surface area contributed by atoms with Crippen LogP contribution in [0.15, 0.2) is 78.9 Å². The van der Waals surface area contributed by atoms with Crippen molar-refractivity contribution < 1.29 is 9.59 Å². The summed E-state index contributed by atoms with van der Waals surface area (Å²) in [7, 11) is 0. The summed E-state index contributed by atoms with van der Waals surface area (Å²) < 4.78 is 0. The van der Waals surface area contributed by atoms with Gasteiger partial charge in [-0.15, -0.1) is 0 Å². The number of rotatable bonds is 5. The van der Waals surface area contributed by atoms with Crippen molar-refractivity contribution in [3.8, 4) is 0 Å². The van der Waals surface area contributed by atoms with Gasteiger partial charge in [0, 0.05) is 12.2 Å². The van der Waals surface area contributed by atoms with Gasteiger partial charge in [0.2, 0.25) is 0 Å². The standard InChI is InChI=1S/C22H20N2O2/c1-16-11-13-18(14-12-16)24-22(26)20-10-6-5-9-19(20)21(25)23-15-17-7-3-2-4-8-17/h2-14H,15H2,1H3,(H,23,25)(H,24,26). The van der Waals surface area contributed by atoms with E-state index in [1.54, 1.807) is 24.3 Å². The Morgan fingerprint density at radius 2 is 1.31 bits per heavy atom. The normalized spacial score (nSPS) is 10.2. The van der Waals surface area contributed by atoms with Crippen LogP contribution in [0.1, 0.15) is 31.8 Å². The zero-order chi connectivity index (χ0) is 18.4. The molecule has 0 saturated heterocycles. The van der Waals surface area contributed by atoms with E-state index in [-0.39, 0.29) is 11.8 Å². The van der Waals surface area contributed by atoms with Crippen molar-refractivity contribution in [3.63, 3.8) is 0 Å². The molecule has 0 aliphatic heterocycles. The first-order valence-electron chi connectivity index (χ1n) is 8.42. The fourth-order valence-corrected chi connectivity index (χ4v) is 2.59. The third-order valence-corrected chi connectivity index (χ3v) is 4.02. The molecule has 130 valence electrons. The highest BCUT2D eigenvalue weighted by Gasteiger charge is 2.16. The fourth-order valence-electron chi connectivity index (χ4n) is 2.59. The average Bonchev–Trinajstić information content (AvgIpc) is 2.68. The zero-order valence-corrected chi connectivity index (χ0v) is 14.5. The molecule has 0 heterocycles. The third kappa shape index (κ3) is 4.36. The number of carbonyl (C=O) groups is 2. The summed E-state index contributed by atoms with van der Waals surface area (Å²) >= 11 is 0. The van der Waals surface area contributed by atoms with E-state index < -0.39 is 0 Å². The Morgan fingerprint density at radius 3 is 1.96 bits per heavy atom. The van der Waals surface area contributed by atoms with Crippen LogP contribution in [0.25, 0.3) is 0 Å². The zero-order valence-electron chi connectivity index (χ0n) is 14.5. The lowest BCUT2D eigenvalue weighted by Gasteiger charge is -2.11. The first-order valence-corrected chi connectivity index (χ1v) is 8.42. The molecule has 3 aromatic carbocycles. The van der Waals surface area contributed by atoms with Gasteiger partial charge in [0.25, 0.3) is 11.8 Å². The van der Waals surface area contributed by atoms with Crippen molar-refractivity contribution in [2.45, 2.75) is 13.5 Å². The minimum atomic E-state index is -0.306. The second-order valence-corrected chi connectivity index (χ2v) is 6.03. The lowest BCUT2D eigenvalue weighted by atomic mass is 10.1. The quantitative estimate of drug-likeness (QED) is 0.729. The van der Waals surface area contributed by atoms with Crippen LogP contribution in [0.5, 0.6) is 0 Å². The van der Waals surface area contributed by atoms with E-state index in [9.17, 15) is 9.59 Å². The predicted octanol–water partition coefficient (Wildman–Crippen LogP) is 4.18. The molecule has 2 N–H and O–H groups in total. The van der Waals surface area contributed by atoms with Gasteiger partial charge < -0.3 is 10.6 Å². The molecule has 0 unspecified atom stereocenters. The van der Waals surface area contributed by atoms with Gasteiger partial charge in [-0.3, -0.25) is 9.59 Å². The number of anilines is 1. The molecule has 26 heavy (non-hydrogen) atoms. The van der Waals surface area contributed by atoms with E-state index in [0.29, 0.717) is 23.4 Å².